The number of guanidine groups is 1. The summed E-state index contributed by atoms with van der Waals surface area (Å²) in [6.45, 7) is 8.45. The van der Waals surface area contributed by atoms with Crippen molar-refractivity contribution < 1.29 is 0 Å². The summed E-state index contributed by atoms with van der Waals surface area (Å²) in [4.78, 5) is 13.8. The number of piperazine rings is 1. The number of aliphatic imine (C=N–C) groups is 1. The summed E-state index contributed by atoms with van der Waals surface area (Å²) in [7, 11) is 1.82. The van der Waals surface area contributed by atoms with Gasteiger partial charge in [-0.3, -0.25) is 4.99 Å². The highest BCUT2D eigenvalue weighted by Crippen LogP contribution is 2.15. The summed E-state index contributed by atoms with van der Waals surface area (Å²) in [6, 6.07) is 4.73. The highest BCUT2D eigenvalue weighted by Gasteiger charge is 2.17. The van der Waals surface area contributed by atoms with Crippen LogP contribution in [0.3, 0.4) is 0 Å². The molecule has 2 N–H and O–H groups in total. The topological polar surface area (TPSA) is 55.8 Å². The lowest BCUT2D eigenvalue weighted by Crippen LogP contribution is -2.46. The molecule has 0 unspecified atom stereocenters. The van der Waals surface area contributed by atoms with Gasteiger partial charge in [-0.1, -0.05) is 19.1 Å². The van der Waals surface area contributed by atoms with Crippen molar-refractivity contribution in [3.05, 3.63) is 36.0 Å². The molecule has 2 heterocycles. The average Bonchev–Trinajstić information content (AvgIpc) is 3.18. The lowest BCUT2D eigenvalue weighted by Gasteiger charge is -2.34. The smallest absolute Gasteiger partial charge is 0.191 e. The summed E-state index contributed by atoms with van der Waals surface area (Å²) in [5.74, 6) is 1.95. The number of nitrogens with one attached hydrogen (secondary N) is 2. The lowest BCUT2D eigenvalue weighted by molar-refractivity contribution is 0.270. The summed E-state index contributed by atoms with van der Waals surface area (Å²) < 4.78 is 0. The third-order valence-corrected chi connectivity index (χ3v) is 4.99. The number of anilines is 1. The number of likely N-dealkylation sites (N-methyl/N-ethyl adjacent to an activating group) is 1. The SMILES string of the molecule is CCN1CCN(c2cc(CNC(=NC)NC3CC=CC3)ccn2)CC1.I. The van der Waals surface area contributed by atoms with Gasteiger partial charge in [0.2, 0.25) is 0 Å². The molecule has 0 bridgehead atoms. The number of hydrogen-bond donors (Lipinski definition) is 2. The van der Waals surface area contributed by atoms with E-state index in [2.05, 4.69) is 61.6 Å². The van der Waals surface area contributed by atoms with E-state index in [4.69, 9.17) is 0 Å². The number of rotatable bonds is 5. The summed E-state index contributed by atoms with van der Waals surface area (Å²) >= 11 is 0. The van der Waals surface area contributed by atoms with Crippen molar-refractivity contribution in [1.29, 1.82) is 0 Å². The van der Waals surface area contributed by atoms with Crippen LogP contribution in [-0.2, 0) is 6.54 Å². The summed E-state index contributed by atoms with van der Waals surface area (Å²) in [6.07, 6.45) is 8.50. The fraction of sp³-hybridized carbons (Fsp3) is 0.579. The van der Waals surface area contributed by atoms with E-state index < -0.39 is 0 Å². The fourth-order valence-electron chi connectivity index (χ4n) is 3.35. The maximum atomic E-state index is 4.57. The molecule has 2 aliphatic rings. The highest BCUT2D eigenvalue weighted by atomic mass is 127. The number of nitrogens with zero attached hydrogens (tertiary/aromatic N) is 4. The van der Waals surface area contributed by atoms with Crippen LogP contribution in [-0.4, -0.2) is 61.7 Å². The first-order valence-corrected chi connectivity index (χ1v) is 9.33. The van der Waals surface area contributed by atoms with Crippen LogP contribution in [0, 0.1) is 0 Å². The Kier molecular flexibility index (Phi) is 8.64. The van der Waals surface area contributed by atoms with Gasteiger partial charge in [-0.2, -0.15) is 0 Å². The Hall–Kier alpha value is -1.35. The molecule has 1 fully saturated rings. The minimum absolute atomic E-state index is 0. The van der Waals surface area contributed by atoms with Crippen LogP contribution in [0.4, 0.5) is 5.82 Å². The van der Waals surface area contributed by atoms with Crippen molar-refractivity contribution in [1.82, 2.24) is 20.5 Å². The fourth-order valence-corrected chi connectivity index (χ4v) is 3.35. The molecule has 1 aliphatic heterocycles. The van der Waals surface area contributed by atoms with Crippen LogP contribution in [0.15, 0.2) is 35.5 Å². The second-order valence-corrected chi connectivity index (χ2v) is 6.65. The zero-order chi connectivity index (χ0) is 17.5. The molecule has 144 valence electrons. The third kappa shape index (κ3) is 5.84. The van der Waals surface area contributed by atoms with Crippen molar-refractivity contribution in [3.8, 4) is 0 Å². The van der Waals surface area contributed by atoms with Crippen LogP contribution >= 0.6 is 24.0 Å². The highest BCUT2D eigenvalue weighted by molar-refractivity contribution is 14.0. The Morgan fingerprint density at radius 2 is 1.96 bits per heavy atom. The van der Waals surface area contributed by atoms with Crippen molar-refractivity contribution in [2.45, 2.75) is 32.4 Å². The number of aromatic nitrogens is 1. The molecule has 26 heavy (non-hydrogen) atoms. The van der Waals surface area contributed by atoms with Gasteiger partial charge in [0.15, 0.2) is 5.96 Å². The normalized spacial score (nSPS) is 18.7. The first kappa shape index (κ1) is 21.0. The predicted molar refractivity (Wildman–Crippen MR) is 119 cm³/mol. The quantitative estimate of drug-likeness (QED) is 0.299. The van der Waals surface area contributed by atoms with Gasteiger partial charge in [-0.15, -0.1) is 24.0 Å². The van der Waals surface area contributed by atoms with E-state index in [1.165, 1.54) is 5.56 Å². The summed E-state index contributed by atoms with van der Waals surface area (Å²) in [5.41, 5.74) is 1.23. The van der Waals surface area contributed by atoms with Crippen LogP contribution in [0.1, 0.15) is 25.3 Å². The minimum Gasteiger partial charge on any atom is -0.354 e. The predicted octanol–water partition coefficient (Wildman–Crippen LogP) is 2.23. The molecule has 7 heteroatoms. The van der Waals surface area contributed by atoms with Crippen LogP contribution in [0.25, 0.3) is 0 Å². The molecule has 6 nitrogen and oxygen atoms in total. The van der Waals surface area contributed by atoms with Crippen LogP contribution in [0.5, 0.6) is 0 Å². The molecular weight excluding hydrogens is 439 g/mol. The maximum absolute atomic E-state index is 4.57. The monoisotopic (exact) mass is 470 g/mol. The van der Waals surface area contributed by atoms with Gasteiger partial charge in [0.25, 0.3) is 0 Å². The Bertz CT molecular complexity index is 602. The van der Waals surface area contributed by atoms with Gasteiger partial charge in [0.05, 0.1) is 0 Å². The van der Waals surface area contributed by atoms with E-state index in [0.29, 0.717) is 6.04 Å². The van der Waals surface area contributed by atoms with E-state index in [1.807, 2.05) is 13.2 Å². The van der Waals surface area contributed by atoms with Gasteiger partial charge >= 0.3 is 0 Å². The van der Waals surface area contributed by atoms with Crippen molar-refractivity contribution >= 4 is 35.8 Å². The summed E-state index contributed by atoms with van der Waals surface area (Å²) in [5, 5.41) is 6.89. The largest absolute Gasteiger partial charge is 0.354 e. The van der Waals surface area contributed by atoms with Crippen molar-refractivity contribution in [3.63, 3.8) is 0 Å². The molecule has 1 saturated heterocycles. The number of pyridine rings is 1. The van der Waals surface area contributed by atoms with Gasteiger partial charge in [-0.25, -0.2) is 4.98 Å². The van der Waals surface area contributed by atoms with E-state index in [-0.39, 0.29) is 24.0 Å². The average molecular weight is 470 g/mol. The van der Waals surface area contributed by atoms with Gasteiger partial charge < -0.3 is 20.4 Å². The molecule has 1 aromatic heterocycles. The molecule has 1 aliphatic carbocycles. The molecule has 0 aromatic carbocycles. The lowest BCUT2D eigenvalue weighted by atomic mass is 10.2. The molecule has 0 spiro atoms. The second-order valence-electron chi connectivity index (χ2n) is 6.65. The number of hydrogen-bond acceptors (Lipinski definition) is 4. The molecule has 3 rings (SSSR count). The van der Waals surface area contributed by atoms with E-state index in [9.17, 15) is 0 Å². The van der Waals surface area contributed by atoms with Gasteiger partial charge in [0, 0.05) is 52.0 Å². The van der Waals surface area contributed by atoms with Crippen molar-refractivity contribution in [2.75, 3.05) is 44.7 Å². The molecule has 1 aromatic rings. The molecule has 0 amide bonds. The molecule has 0 radical (unpaired) electrons. The number of halogens is 1. The van der Waals surface area contributed by atoms with Gasteiger partial charge in [0.1, 0.15) is 5.82 Å². The van der Waals surface area contributed by atoms with Crippen LogP contribution < -0.4 is 15.5 Å². The Labute approximate surface area is 174 Å². The second kappa shape index (κ2) is 10.7. The molecule has 0 atom stereocenters. The first-order chi connectivity index (χ1) is 12.3. The van der Waals surface area contributed by atoms with E-state index in [1.54, 1.807) is 0 Å². The Balaban J connectivity index is 0.00000243. The molecule has 0 saturated carbocycles. The zero-order valence-corrected chi connectivity index (χ0v) is 18.1. The van der Waals surface area contributed by atoms with Crippen LogP contribution in [0.2, 0.25) is 0 Å². The minimum atomic E-state index is 0. The Morgan fingerprint density at radius 1 is 1.23 bits per heavy atom. The van der Waals surface area contributed by atoms with E-state index >= 15 is 0 Å². The maximum Gasteiger partial charge on any atom is 0.191 e. The standard InChI is InChI=1S/C19H30N6.HI/c1-3-24-10-12-25(13-11-24)18-14-16(8-9-21-18)15-22-19(20-2)23-17-6-4-5-7-17;/h4-5,8-9,14,17H,3,6-7,10-13,15H2,1-2H3,(H2,20,22,23);1H. The van der Waals surface area contributed by atoms with Crippen molar-refractivity contribution in [2.24, 2.45) is 4.99 Å². The Morgan fingerprint density at radius 3 is 2.62 bits per heavy atom. The third-order valence-electron chi connectivity index (χ3n) is 4.99. The first-order valence-electron chi connectivity index (χ1n) is 9.33. The molecular formula is C19H31IN6. The zero-order valence-electron chi connectivity index (χ0n) is 15.8. The van der Waals surface area contributed by atoms with Gasteiger partial charge in [-0.05, 0) is 37.1 Å². The van der Waals surface area contributed by atoms with E-state index in [0.717, 1.165) is 63.9 Å².